The fraction of sp³-hybridized carbons (Fsp3) is 0.438. The number of hydrogen-bond donors (Lipinski definition) is 2. The van der Waals surface area contributed by atoms with Gasteiger partial charge in [-0.05, 0) is 30.9 Å². The number of hydrogen-bond acceptors (Lipinski definition) is 2. The molecule has 100 valence electrons. The van der Waals surface area contributed by atoms with Gasteiger partial charge in [-0.1, -0.05) is 30.7 Å². The first kappa shape index (κ1) is 12.4. The largest absolute Gasteiger partial charge is 0.326 e. The van der Waals surface area contributed by atoms with Gasteiger partial charge >= 0.3 is 0 Å². The van der Waals surface area contributed by atoms with Crippen LogP contribution in [0.15, 0.2) is 40.2 Å². The van der Waals surface area contributed by atoms with Gasteiger partial charge in [0.15, 0.2) is 0 Å². The predicted octanol–water partition coefficient (Wildman–Crippen LogP) is 2.40. The number of nitrogens with two attached hydrogens (primary N) is 1. The quantitative estimate of drug-likeness (QED) is 0.758. The molecule has 3 rings (SSSR count). The van der Waals surface area contributed by atoms with Crippen LogP contribution >= 0.6 is 0 Å². The van der Waals surface area contributed by atoms with E-state index < -0.39 is 5.54 Å². The van der Waals surface area contributed by atoms with Gasteiger partial charge in [0, 0.05) is 24.1 Å². The first-order valence-corrected chi connectivity index (χ1v) is 6.95. The van der Waals surface area contributed by atoms with Crippen molar-refractivity contribution in [2.45, 2.75) is 44.6 Å². The van der Waals surface area contributed by atoms with E-state index in [1.165, 1.54) is 16.7 Å². The highest BCUT2D eigenvalue weighted by molar-refractivity contribution is 5.51. The van der Waals surface area contributed by atoms with Crippen LogP contribution in [0.1, 0.15) is 43.9 Å². The van der Waals surface area contributed by atoms with Gasteiger partial charge in [-0.3, -0.25) is 4.79 Å². The Hall–Kier alpha value is -1.61. The fourth-order valence-electron chi connectivity index (χ4n) is 3.64. The lowest BCUT2D eigenvalue weighted by molar-refractivity contribution is 0.477. The highest BCUT2D eigenvalue weighted by Crippen LogP contribution is 2.47. The van der Waals surface area contributed by atoms with Crippen molar-refractivity contribution in [3.8, 4) is 0 Å². The molecule has 3 heteroatoms. The molecule has 1 heterocycles. The molecule has 0 saturated heterocycles. The Labute approximate surface area is 113 Å². The number of rotatable bonds is 1. The van der Waals surface area contributed by atoms with E-state index >= 15 is 0 Å². The molecule has 2 aliphatic carbocycles. The van der Waals surface area contributed by atoms with E-state index in [2.05, 4.69) is 31.0 Å². The Kier molecular flexibility index (Phi) is 2.75. The highest BCUT2D eigenvalue weighted by atomic mass is 16.1. The van der Waals surface area contributed by atoms with Crippen LogP contribution in [0.3, 0.4) is 0 Å². The summed E-state index contributed by atoms with van der Waals surface area (Å²) in [5.74, 6) is 0.329. The maximum absolute atomic E-state index is 11.5. The standard InChI is InChI=1S/C16H20N2O/c1-3-10-7-12-11-5-6-15(19)18-14(11)9-16(17,8-10)13(12)4-2/h4-6,8,12H,3,7,9,17H2,1-2H3,(H,18,19)/b13-4+/t12-,16-/m0/s1. The summed E-state index contributed by atoms with van der Waals surface area (Å²) in [6.07, 6.45) is 7.13. The molecule has 0 aliphatic heterocycles. The summed E-state index contributed by atoms with van der Waals surface area (Å²) in [5.41, 5.74) is 11.1. The minimum absolute atomic E-state index is 0.0379. The van der Waals surface area contributed by atoms with E-state index in [0.717, 1.165) is 18.5 Å². The number of aromatic nitrogens is 1. The molecule has 19 heavy (non-hydrogen) atoms. The summed E-state index contributed by atoms with van der Waals surface area (Å²) in [5, 5.41) is 0. The van der Waals surface area contributed by atoms with Crippen molar-refractivity contribution in [1.82, 2.24) is 4.98 Å². The van der Waals surface area contributed by atoms with E-state index in [0.29, 0.717) is 12.3 Å². The minimum Gasteiger partial charge on any atom is -0.326 e. The molecular weight excluding hydrogens is 236 g/mol. The molecule has 0 amide bonds. The van der Waals surface area contributed by atoms with E-state index in [1.54, 1.807) is 6.07 Å². The zero-order valence-electron chi connectivity index (χ0n) is 11.5. The van der Waals surface area contributed by atoms with Gasteiger partial charge < -0.3 is 10.7 Å². The van der Waals surface area contributed by atoms with Crippen LogP contribution < -0.4 is 11.3 Å². The van der Waals surface area contributed by atoms with Gasteiger partial charge in [0.2, 0.25) is 5.56 Å². The molecule has 0 fully saturated rings. The highest BCUT2D eigenvalue weighted by Gasteiger charge is 2.42. The van der Waals surface area contributed by atoms with Crippen molar-refractivity contribution in [2.75, 3.05) is 0 Å². The average Bonchev–Trinajstić information content (AvgIpc) is 2.36. The van der Waals surface area contributed by atoms with E-state index in [4.69, 9.17) is 5.73 Å². The van der Waals surface area contributed by atoms with Crippen LogP contribution in [0, 0.1) is 0 Å². The molecular formula is C16H20N2O. The number of nitrogens with one attached hydrogen (secondary N) is 1. The molecule has 0 aromatic carbocycles. The van der Waals surface area contributed by atoms with Crippen LogP contribution in [0.4, 0.5) is 0 Å². The Bertz CT molecular complexity index is 638. The Morgan fingerprint density at radius 1 is 1.53 bits per heavy atom. The molecule has 0 spiro atoms. The number of pyridine rings is 1. The molecule has 0 saturated carbocycles. The van der Waals surface area contributed by atoms with Crippen molar-refractivity contribution < 1.29 is 0 Å². The maximum atomic E-state index is 11.5. The van der Waals surface area contributed by atoms with Crippen LogP contribution in [0.5, 0.6) is 0 Å². The van der Waals surface area contributed by atoms with E-state index in [1.807, 2.05) is 6.07 Å². The van der Waals surface area contributed by atoms with E-state index in [-0.39, 0.29) is 5.56 Å². The predicted molar refractivity (Wildman–Crippen MR) is 77.2 cm³/mol. The van der Waals surface area contributed by atoms with Crippen LogP contribution in [-0.4, -0.2) is 10.5 Å². The fourth-order valence-corrected chi connectivity index (χ4v) is 3.64. The SMILES string of the molecule is C/C=C1\[C@H]2CC(CC)=C[C@]1(N)Cc1[nH]c(=O)ccc12. The zero-order chi connectivity index (χ0) is 13.6. The Balaban J connectivity index is 2.22. The molecule has 2 atom stereocenters. The van der Waals surface area contributed by atoms with Gasteiger partial charge in [0.25, 0.3) is 0 Å². The summed E-state index contributed by atoms with van der Waals surface area (Å²) in [4.78, 5) is 14.5. The van der Waals surface area contributed by atoms with Gasteiger partial charge in [-0.15, -0.1) is 0 Å². The minimum atomic E-state index is -0.416. The van der Waals surface area contributed by atoms with Crippen molar-refractivity contribution in [2.24, 2.45) is 5.73 Å². The molecule has 2 bridgehead atoms. The maximum Gasteiger partial charge on any atom is 0.248 e. The Morgan fingerprint density at radius 3 is 3.00 bits per heavy atom. The van der Waals surface area contributed by atoms with Gasteiger partial charge in [-0.25, -0.2) is 0 Å². The molecule has 0 unspecified atom stereocenters. The van der Waals surface area contributed by atoms with Crippen LogP contribution in [0.2, 0.25) is 0 Å². The number of allylic oxidation sites excluding steroid dienone is 2. The molecule has 2 aliphatic rings. The first-order valence-electron chi connectivity index (χ1n) is 6.95. The summed E-state index contributed by atoms with van der Waals surface area (Å²) in [7, 11) is 0. The topological polar surface area (TPSA) is 58.9 Å². The van der Waals surface area contributed by atoms with Crippen molar-refractivity contribution in [3.63, 3.8) is 0 Å². The smallest absolute Gasteiger partial charge is 0.248 e. The second-order valence-electron chi connectivity index (χ2n) is 5.63. The van der Waals surface area contributed by atoms with Crippen LogP contribution in [0.25, 0.3) is 0 Å². The lowest BCUT2D eigenvalue weighted by Crippen LogP contribution is -2.50. The molecule has 1 aromatic heterocycles. The third kappa shape index (κ3) is 1.80. The van der Waals surface area contributed by atoms with E-state index in [9.17, 15) is 4.79 Å². The van der Waals surface area contributed by atoms with Gasteiger partial charge in [0.05, 0.1) is 5.54 Å². The van der Waals surface area contributed by atoms with Gasteiger partial charge in [-0.2, -0.15) is 0 Å². The number of H-pyrrole nitrogens is 1. The molecule has 3 nitrogen and oxygen atoms in total. The van der Waals surface area contributed by atoms with Gasteiger partial charge in [0.1, 0.15) is 0 Å². The first-order chi connectivity index (χ1) is 9.07. The lowest BCUT2D eigenvalue weighted by atomic mass is 9.64. The monoisotopic (exact) mass is 256 g/mol. The molecule has 1 aromatic rings. The third-order valence-electron chi connectivity index (χ3n) is 4.49. The number of fused-ring (bicyclic) bond motifs is 4. The summed E-state index contributed by atoms with van der Waals surface area (Å²) >= 11 is 0. The lowest BCUT2D eigenvalue weighted by Gasteiger charge is -2.44. The zero-order valence-corrected chi connectivity index (χ0v) is 11.5. The molecule has 3 N–H and O–H groups in total. The van der Waals surface area contributed by atoms with Crippen molar-refractivity contribution >= 4 is 0 Å². The third-order valence-corrected chi connectivity index (χ3v) is 4.49. The number of aromatic amines is 1. The summed E-state index contributed by atoms with van der Waals surface area (Å²) in [6, 6.07) is 3.60. The van der Waals surface area contributed by atoms with Crippen LogP contribution in [-0.2, 0) is 6.42 Å². The normalized spacial score (nSPS) is 31.0. The van der Waals surface area contributed by atoms with Crippen molar-refractivity contribution in [3.05, 3.63) is 57.0 Å². The van der Waals surface area contributed by atoms with Crippen molar-refractivity contribution in [1.29, 1.82) is 0 Å². The average molecular weight is 256 g/mol. The Morgan fingerprint density at radius 2 is 2.32 bits per heavy atom. The summed E-state index contributed by atoms with van der Waals surface area (Å²) < 4.78 is 0. The second-order valence-corrected chi connectivity index (χ2v) is 5.63. The summed E-state index contributed by atoms with van der Waals surface area (Å²) in [6.45, 7) is 4.24. The second kappa shape index (κ2) is 4.20. The molecule has 0 radical (unpaired) electrons.